The molecule has 9 heavy (non-hydrogen) atoms. The van der Waals surface area contributed by atoms with Gasteiger partial charge in [-0.15, -0.1) is 0 Å². The Morgan fingerprint density at radius 2 is 2.00 bits per heavy atom. The monoisotopic (exact) mass is 139 g/mol. The summed E-state index contributed by atoms with van der Waals surface area (Å²) in [6, 6.07) is 0. The van der Waals surface area contributed by atoms with Crippen LogP contribution >= 0.6 is 0 Å². The maximum Gasteiger partial charge on any atom is 0.0965 e. The van der Waals surface area contributed by atoms with E-state index in [0.29, 0.717) is 11.3 Å². The first kappa shape index (κ1) is 6.49. The highest BCUT2D eigenvalue weighted by Crippen LogP contribution is 2.04. The molecule has 0 saturated carbocycles. The van der Waals surface area contributed by atoms with Crippen molar-refractivity contribution >= 4 is 16.1 Å². The van der Waals surface area contributed by atoms with Gasteiger partial charge in [-0.3, -0.25) is 0 Å². The molecule has 0 saturated heterocycles. The molecule has 0 aromatic carbocycles. The molecule has 0 heterocycles. The second-order valence-corrected chi connectivity index (χ2v) is 2.51. The molecule has 1 rings (SSSR count). The molecule has 0 aromatic rings. The Kier molecular flexibility index (Phi) is 2.01. The van der Waals surface area contributed by atoms with E-state index >= 15 is 0 Å². The quantitative estimate of drug-likeness (QED) is 0.457. The largest absolute Gasteiger partial charge is 0.212 e. The molecule has 0 N–H and O–H groups in total. The summed E-state index contributed by atoms with van der Waals surface area (Å²) in [5.41, 5.74) is 0. The molecule has 1 nitrogen and oxygen atoms in total. The summed E-state index contributed by atoms with van der Waals surface area (Å²) in [4.78, 5) is 0.759. The van der Waals surface area contributed by atoms with Crippen molar-refractivity contribution in [2.24, 2.45) is 5.92 Å². The highest BCUT2D eigenvalue weighted by molar-refractivity contribution is 7.67. The van der Waals surface area contributed by atoms with Crippen molar-refractivity contribution in [2.45, 2.75) is 0 Å². The topological polar surface area (TPSA) is 17.1 Å². The van der Waals surface area contributed by atoms with Gasteiger partial charge >= 0.3 is 0 Å². The Labute approximate surface area is 58.2 Å². The molecule has 2 heteroatoms. The lowest BCUT2D eigenvalue weighted by molar-refractivity contribution is 0.701. The van der Waals surface area contributed by atoms with Crippen LogP contribution in [0, 0.1) is 12.8 Å². The Balaban J connectivity index is 2.82. The lowest BCUT2D eigenvalue weighted by atomic mass is 10.1. The minimum Gasteiger partial charge on any atom is -0.212 e. The molecule has 0 unspecified atom stereocenters. The fourth-order valence-electron chi connectivity index (χ4n) is 0.612. The van der Waals surface area contributed by atoms with E-state index < -0.39 is 0 Å². The Morgan fingerprint density at radius 3 is 2.44 bits per heavy atom. The predicted octanol–water partition coefficient (Wildman–Crippen LogP) is 0.948. The van der Waals surface area contributed by atoms with Crippen LogP contribution in [0.4, 0.5) is 0 Å². The zero-order valence-electron chi connectivity index (χ0n) is 4.91. The average molecular weight is 139 g/mol. The van der Waals surface area contributed by atoms with Crippen LogP contribution < -0.4 is 0 Å². The number of hydrogen-bond donors (Lipinski definition) is 0. The zero-order chi connectivity index (χ0) is 6.69. The summed E-state index contributed by atoms with van der Waals surface area (Å²) in [7, 11) is 0. The van der Waals surface area contributed by atoms with Gasteiger partial charge in [0.05, 0.1) is 16.1 Å². The third-order valence-corrected chi connectivity index (χ3v) is 1.58. The van der Waals surface area contributed by atoms with Crippen molar-refractivity contribution < 1.29 is 4.21 Å². The van der Waals surface area contributed by atoms with E-state index in [9.17, 15) is 4.21 Å². The summed E-state index contributed by atoms with van der Waals surface area (Å²) in [5, 5.41) is 0. The van der Waals surface area contributed by atoms with E-state index in [1.807, 2.05) is 12.2 Å². The summed E-state index contributed by atoms with van der Waals surface area (Å²) in [6.45, 7) is 3.77. The molecule has 0 amide bonds. The Hall–Kier alpha value is -0.630. The van der Waals surface area contributed by atoms with E-state index in [2.05, 4.69) is 6.92 Å². The molecule has 0 bridgehead atoms. The number of rotatable bonds is 0. The van der Waals surface area contributed by atoms with Gasteiger partial charge in [-0.05, 0) is 25.0 Å². The highest BCUT2D eigenvalue weighted by Gasteiger charge is 1.96. The highest BCUT2D eigenvalue weighted by atomic mass is 32.1. The standard InChI is InChI=1S/C7H7OS/c1-6-2-4-7(9-8)5-3-6/h2-6H,1H2. The van der Waals surface area contributed by atoms with Gasteiger partial charge in [0, 0.05) is 0 Å². The third-order valence-electron chi connectivity index (χ3n) is 1.11. The van der Waals surface area contributed by atoms with Crippen LogP contribution in [0.15, 0.2) is 24.3 Å². The summed E-state index contributed by atoms with van der Waals surface area (Å²) in [6.07, 6.45) is 7.41. The molecule has 0 aliphatic heterocycles. The molecular formula is C7H7OS. The van der Waals surface area contributed by atoms with Crippen LogP contribution in [-0.2, 0) is 11.3 Å². The van der Waals surface area contributed by atoms with Gasteiger partial charge in [-0.2, -0.15) is 0 Å². The minimum absolute atomic E-state index is 0.237. The second kappa shape index (κ2) is 2.78. The Morgan fingerprint density at radius 1 is 1.44 bits per heavy atom. The molecule has 47 valence electrons. The van der Waals surface area contributed by atoms with Gasteiger partial charge in [-0.25, -0.2) is 4.21 Å². The van der Waals surface area contributed by atoms with Crippen LogP contribution in [0.3, 0.4) is 0 Å². The molecule has 1 aliphatic rings. The summed E-state index contributed by atoms with van der Waals surface area (Å²) >= 11 is 0.513. The SMILES string of the molecule is [CH2]C1C=CC(=S=O)C=C1. The fraction of sp³-hybridized carbons (Fsp3) is 0.143. The van der Waals surface area contributed by atoms with Gasteiger partial charge in [-0.1, -0.05) is 12.2 Å². The third kappa shape index (κ3) is 1.64. The lowest BCUT2D eigenvalue weighted by Crippen LogP contribution is -1.96. The van der Waals surface area contributed by atoms with Crippen LogP contribution in [0.1, 0.15) is 0 Å². The van der Waals surface area contributed by atoms with E-state index in [4.69, 9.17) is 0 Å². The molecule has 0 fully saturated rings. The normalized spacial score (nSPS) is 24.6. The van der Waals surface area contributed by atoms with Crippen LogP contribution in [0.5, 0.6) is 0 Å². The van der Waals surface area contributed by atoms with Crippen molar-refractivity contribution in [3.05, 3.63) is 31.2 Å². The summed E-state index contributed by atoms with van der Waals surface area (Å²) < 4.78 is 10.1. The zero-order valence-corrected chi connectivity index (χ0v) is 5.73. The summed E-state index contributed by atoms with van der Waals surface area (Å²) in [5.74, 6) is 0.237. The lowest BCUT2D eigenvalue weighted by Gasteiger charge is -2.00. The molecule has 0 spiro atoms. The van der Waals surface area contributed by atoms with Gasteiger partial charge in [0.2, 0.25) is 0 Å². The molecule has 1 radical (unpaired) electrons. The smallest absolute Gasteiger partial charge is 0.0965 e. The molecular weight excluding hydrogens is 132 g/mol. The first-order chi connectivity index (χ1) is 4.33. The van der Waals surface area contributed by atoms with Gasteiger partial charge in [0.15, 0.2) is 0 Å². The maximum absolute atomic E-state index is 10.1. The van der Waals surface area contributed by atoms with Crippen LogP contribution in [-0.4, -0.2) is 9.07 Å². The first-order valence-electron chi connectivity index (χ1n) is 2.69. The number of hydrogen-bond acceptors (Lipinski definition) is 1. The van der Waals surface area contributed by atoms with E-state index in [1.54, 1.807) is 12.2 Å². The Bertz CT molecular complexity index is 193. The predicted molar refractivity (Wildman–Crippen MR) is 40.3 cm³/mol. The molecule has 1 aliphatic carbocycles. The first-order valence-corrected chi connectivity index (χ1v) is 3.43. The van der Waals surface area contributed by atoms with Crippen molar-refractivity contribution in [3.8, 4) is 0 Å². The minimum atomic E-state index is 0.237. The van der Waals surface area contributed by atoms with Gasteiger partial charge in [0.1, 0.15) is 0 Å². The van der Waals surface area contributed by atoms with E-state index in [0.717, 1.165) is 4.86 Å². The van der Waals surface area contributed by atoms with Crippen molar-refractivity contribution in [3.63, 3.8) is 0 Å². The van der Waals surface area contributed by atoms with E-state index in [1.165, 1.54) is 0 Å². The maximum atomic E-state index is 10.1. The number of allylic oxidation sites excluding steroid dienone is 4. The van der Waals surface area contributed by atoms with Gasteiger partial charge in [0.25, 0.3) is 0 Å². The van der Waals surface area contributed by atoms with Crippen molar-refractivity contribution in [1.82, 2.24) is 0 Å². The fourth-order valence-corrected chi connectivity index (χ4v) is 0.880. The van der Waals surface area contributed by atoms with Crippen LogP contribution in [0.2, 0.25) is 0 Å². The van der Waals surface area contributed by atoms with Crippen molar-refractivity contribution in [1.29, 1.82) is 0 Å². The van der Waals surface area contributed by atoms with Crippen molar-refractivity contribution in [2.75, 3.05) is 0 Å². The van der Waals surface area contributed by atoms with E-state index in [-0.39, 0.29) is 5.92 Å². The molecule has 0 atom stereocenters. The van der Waals surface area contributed by atoms with Crippen LogP contribution in [0.25, 0.3) is 0 Å². The average Bonchev–Trinajstić information content (AvgIpc) is 1.90. The second-order valence-electron chi connectivity index (χ2n) is 1.87. The van der Waals surface area contributed by atoms with Gasteiger partial charge < -0.3 is 0 Å². The molecule has 0 aromatic heterocycles.